The van der Waals surface area contributed by atoms with Crippen LogP contribution in [0.15, 0.2) is 24.3 Å². The number of carboxylic acids is 1. The van der Waals surface area contributed by atoms with Gasteiger partial charge in [-0.3, -0.25) is 9.59 Å². The lowest BCUT2D eigenvalue weighted by Gasteiger charge is -2.30. The Morgan fingerprint density at radius 1 is 1.22 bits per heavy atom. The molecule has 0 radical (unpaired) electrons. The highest BCUT2D eigenvalue weighted by molar-refractivity contribution is 5.94. The SMILES string of the molecule is CCCCN(C)c1ccc(C(=O)N2CCC(C(=O)O)CC2)cc1. The molecule has 2 rings (SSSR count). The third-order valence-corrected chi connectivity index (χ3v) is 4.53. The predicted molar refractivity (Wildman–Crippen MR) is 90.9 cm³/mol. The van der Waals surface area contributed by atoms with E-state index in [4.69, 9.17) is 5.11 Å². The number of anilines is 1. The molecule has 0 aromatic heterocycles. The Morgan fingerprint density at radius 3 is 2.35 bits per heavy atom. The lowest BCUT2D eigenvalue weighted by molar-refractivity contribution is -0.143. The minimum absolute atomic E-state index is 0.00315. The molecule has 23 heavy (non-hydrogen) atoms. The average Bonchev–Trinajstić information content (AvgIpc) is 2.59. The standard InChI is InChI=1S/C18H26N2O3/c1-3-4-11-19(2)16-7-5-14(6-8-16)17(21)20-12-9-15(10-13-20)18(22)23/h5-8,15H,3-4,9-13H2,1-2H3,(H,22,23). The van der Waals surface area contributed by atoms with Crippen molar-refractivity contribution >= 4 is 17.6 Å². The van der Waals surface area contributed by atoms with Crippen molar-refractivity contribution < 1.29 is 14.7 Å². The molecule has 1 amide bonds. The minimum atomic E-state index is -0.753. The van der Waals surface area contributed by atoms with Crippen molar-refractivity contribution in [3.8, 4) is 0 Å². The zero-order chi connectivity index (χ0) is 16.8. The molecular formula is C18H26N2O3. The Bertz CT molecular complexity index is 534. The van der Waals surface area contributed by atoms with Gasteiger partial charge in [0.15, 0.2) is 0 Å². The van der Waals surface area contributed by atoms with Crippen LogP contribution in [-0.4, -0.2) is 48.6 Å². The number of carboxylic acid groups (broad SMARTS) is 1. The van der Waals surface area contributed by atoms with Crippen LogP contribution in [0.4, 0.5) is 5.69 Å². The third-order valence-electron chi connectivity index (χ3n) is 4.53. The van der Waals surface area contributed by atoms with Crippen molar-refractivity contribution in [2.45, 2.75) is 32.6 Å². The van der Waals surface area contributed by atoms with E-state index in [9.17, 15) is 9.59 Å². The lowest BCUT2D eigenvalue weighted by Crippen LogP contribution is -2.40. The molecule has 1 heterocycles. The van der Waals surface area contributed by atoms with E-state index in [0.717, 1.165) is 25.1 Å². The van der Waals surface area contributed by atoms with E-state index in [1.54, 1.807) is 4.90 Å². The smallest absolute Gasteiger partial charge is 0.306 e. The first-order chi connectivity index (χ1) is 11.0. The normalized spacial score (nSPS) is 15.5. The molecule has 0 saturated carbocycles. The Hall–Kier alpha value is -2.04. The van der Waals surface area contributed by atoms with Gasteiger partial charge in [0.2, 0.25) is 0 Å². The molecule has 0 spiro atoms. The molecule has 0 atom stereocenters. The zero-order valence-electron chi connectivity index (χ0n) is 14.0. The molecule has 1 N–H and O–H groups in total. The molecular weight excluding hydrogens is 292 g/mol. The van der Waals surface area contributed by atoms with Gasteiger partial charge in [0.05, 0.1) is 5.92 Å². The van der Waals surface area contributed by atoms with Crippen molar-refractivity contribution in [2.75, 3.05) is 31.6 Å². The maximum atomic E-state index is 12.5. The third kappa shape index (κ3) is 4.47. The van der Waals surface area contributed by atoms with Gasteiger partial charge in [-0.15, -0.1) is 0 Å². The molecule has 5 nitrogen and oxygen atoms in total. The van der Waals surface area contributed by atoms with E-state index in [0.29, 0.717) is 31.5 Å². The highest BCUT2D eigenvalue weighted by Crippen LogP contribution is 2.20. The quantitative estimate of drug-likeness (QED) is 0.876. The number of likely N-dealkylation sites (tertiary alicyclic amines) is 1. The highest BCUT2D eigenvalue weighted by Gasteiger charge is 2.27. The van der Waals surface area contributed by atoms with E-state index in [-0.39, 0.29) is 11.8 Å². The first kappa shape index (κ1) is 17.3. The molecule has 0 unspecified atom stereocenters. The van der Waals surface area contributed by atoms with E-state index in [2.05, 4.69) is 18.9 Å². The fourth-order valence-electron chi connectivity index (χ4n) is 2.89. The average molecular weight is 318 g/mol. The van der Waals surface area contributed by atoms with E-state index >= 15 is 0 Å². The second-order valence-electron chi connectivity index (χ2n) is 6.23. The fourth-order valence-corrected chi connectivity index (χ4v) is 2.89. The number of benzene rings is 1. The van der Waals surface area contributed by atoms with Gasteiger partial charge >= 0.3 is 5.97 Å². The van der Waals surface area contributed by atoms with Crippen LogP contribution >= 0.6 is 0 Å². The summed E-state index contributed by atoms with van der Waals surface area (Å²) in [5.41, 5.74) is 1.78. The van der Waals surface area contributed by atoms with Crippen LogP contribution in [0.1, 0.15) is 43.0 Å². The summed E-state index contributed by atoms with van der Waals surface area (Å²) in [7, 11) is 2.06. The van der Waals surface area contributed by atoms with Crippen molar-refractivity contribution in [3.63, 3.8) is 0 Å². The van der Waals surface area contributed by atoms with Crippen LogP contribution < -0.4 is 4.90 Å². The van der Waals surface area contributed by atoms with Crippen LogP contribution in [0.25, 0.3) is 0 Å². The Labute approximate surface area is 137 Å². The van der Waals surface area contributed by atoms with Gasteiger partial charge in [-0.1, -0.05) is 13.3 Å². The van der Waals surface area contributed by atoms with Crippen molar-refractivity contribution in [2.24, 2.45) is 5.92 Å². The number of unbranched alkanes of at least 4 members (excludes halogenated alkanes) is 1. The van der Waals surface area contributed by atoms with Crippen molar-refractivity contribution in [1.29, 1.82) is 0 Å². The van der Waals surface area contributed by atoms with Gasteiger partial charge in [0.1, 0.15) is 0 Å². The topological polar surface area (TPSA) is 60.9 Å². The van der Waals surface area contributed by atoms with Gasteiger partial charge < -0.3 is 14.9 Å². The fraction of sp³-hybridized carbons (Fsp3) is 0.556. The van der Waals surface area contributed by atoms with E-state index in [1.165, 1.54) is 0 Å². The molecule has 1 fully saturated rings. The van der Waals surface area contributed by atoms with Crippen LogP contribution in [0, 0.1) is 5.92 Å². The lowest BCUT2D eigenvalue weighted by atomic mass is 9.96. The van der Waals surface area contributed by atoms with Crippen LogP contribution in [0.2, 0.25) is 0 Å². The molecule has 1 aromatic rings. The summed E-state index contributed by atoms with van der Waals surface area (Å²) < 4.78 is 0. The summed E-state index contributed by atoms with van der Waals surface area (Å²) in [6.07, 6.45) is 3.39. The number of nitrogens with zero attached hydrogens (tertiary/aromatic N) is 2. The Balaban J connectivity index is 1.94. The first-order valence-electron chi connectivity index (χ1n) is 8.36. The maximum absolute atomic E-state index is 12.5. The maximum Gasteiger partial charge on any atom is 0.306 e. The van der Waals surface area contributed by atoms with E-state index in [1.807, 2.05) is 24.3 Å². The van der Waals surface area contributed by atoms with Gasteiger partial charge in [0, 0.05) is 37.9 Å². The van der Waals surface area contributed by atoms with Crippen LogP contribution in [0.3, 0.4) is 0 Å². The molecule has 5 heteroatoms. The number of hydrogen-bond donors (Lipinski definition) is 1. The number of carbonyl (C=O) groups is 2. The number of hydrogen-bond acceptors (Lipinski definition) is 3. The van der Waals surface area contributed by atoms with Crippen molar-refractivity contribution in [3.05, 3.63) is 29.8 Å². The Kier molecular flexibility index (Phi) is 6.02. The van der Waals surface area contributed by atoms with Gasteiger partial charge in [-0.2, -0.15) is 0 Å². The molecule has 0 bridgehead atoms. The summed E-state index contributed by atoms with van der Waals surface area (Å²) in [6.45, 7) is 4.22. The second-order valence-corrected chi connectivity index (χ2v) is 6.23. The molecule has 1 aliphatic heterocycles. The molecule has 1 saturated heterocycles. The largest absolute Gasteiger partial charge is 0.481 e. The van der Waals surface area contributed by atoms with Gasteiger partial charge in [0.25, 0.3) is 5.91 Å². The molecule has 126 valence electrons. The summed E-state index contributed by atoms with van der Waals surface area (Å²) in [4.78, 5) is 27.4. The predicted octanol–water partition coefficient (Wildman–Crippen LogP) is 2.86. The monoisotopic (exact) mass is 318 g/mol. The minimum Gasteiger partial charge on any atom is -0.481 e. The number of piperidine rings is 1. The second kappa shape index (κ2) is 7.99. The van der Waals surface area contributed by atoms with Gasteiger partial charge in [-0.25, -0.2) is 0 Å². The van der Waals surface area contributed by atoms with Gasteiger partial charge in [-0.05, 0) is 43.5 Å². The van der Waals surface area contributed by atoms with Crippen molar-refractivity contribution in [1.82, 2.24) is 4.90 Å². The van der Waals surface area contributed by atoms with E-state index < -0.39 is 5.97 Å². The molecule has 1 aromatic carbocycles. The highest BCUT2D eigenvalue weighted by atomic mass is 16.4. The molecule has 1 aliphatic rings. The first-order valence-corrected chi connectivity index (χ1v) is 8.36. The number of amides is 1. The number of carbonyl (C=O) groups excluding carboxylic acids is 1. The number of aliphatic carboxylic acids is 1. The summed E-state index contributed by atoms with van der Waals surface area (Å²) in [6, 6.07) is 7.69. The summed E-state index contributed by atoms with van der Waals surface area (Å²) >= 11 is 0. The summed E-state index contributed by atoms with van der Waals surface area (Å²) in [5.74, 6) is -1.07. The number of rotatable bonds is 6. The van der Waals surface area contributed by atoms with Crippen LogP contribution in [0.5, 0.6) is 0 Å². The summed E-state index contributed by atoms with van der Waals surface area (Å²) in [5, 5.41) is 9.02. The molecule has 0 aliphatic carbocycles. The Morgan fingerprint density at radius 2 is 1.83 bits per heavy atom. The zero-order valence-corrected chi connectivity index (χ0v) is 14.0. The van der Waals surface area contributed by atoms with Crippen LogP contribution in [-0.2, 0) is 4.79 Å².